The van der Waals surface area contributed by atoms with Crippen LogP contribution in [0.25, 0.3) is 11.1 Å². The number of fused-ring (bicyclic) bond motifs is 1. The summed E-state index contributed by atoms with van der Waals surface area (Å²) >= 11 is 0. The molecule has 3 aromatic rings. The molecule has 0 unspecified atom stereocenters. The van der Waals surface area contributed by atoms with Crippen molar-refractivity contribution in [1.82, 2.24) is 4.90 Å². The van der Waals surface area contributed by atoms with Crippen molar-refractivity contribution in [2.75, 3.05) is 24.9 Å². The smallest absolute Gasteiger partial charge is 0.328 e. The highest BCUT2D eigenvalue weighted by molar-refractivity contribution is 6.01. The molecule has 0 saturated carbocycles. The number of hydrogen-bond donors (Lipinski definition) is 2. The Labute approximate surface area is 210 Å². The van der Waals surface area contributed by atoms with Crippen LogP contribution < -0.4 is 15.4 Å². The Kier molecular flexibility index (Phi) is 7.24. The van der Waals surface area contributed by atoms with Crippen LogP contribution in [0.5, 0.6) is 5.75 Å². The lowest BCUT2D eigenvalue weighted by atomic mass is 10.0. The second kappa shape index (κ2) is 10.5. The number of amides is 3. The van der Waals surface area contributed by atoms with E-state index in [1.807, 2.05) is 50.2 Å². The van der Waals surface area contributed by atoms with Crippen LogP contribution in [0.3, 0.4) is 0 Å². The summed E-state index contributed by atoms with van der Waals surface area (Å²) in [4.78, 5) is 39.2. The summed E-state index contributed by atoms with van der Waals surface area (Å²) in [7, 11) is 2.92. The number of benzene rings is 3. The van der Waals surface area contributed by atoms with Gasteiger partial charge < -0.3 is 25.0 Å². The van der Waals surface area contributed by atoms with Crippen molar-refractivity contribution in [3.63, 3.8) is 0 Å². The highest BCUT2D eigenvalue weighted by Gasteiger charge is 2.38. The monoisotopic (exact) mass is 487 g/mol. The summed E-state index contributed by atoms with van der Waals surface area (Å²) < 4.78 is 10.1. The van der Waals surface area contributed by atoms with Gasteiger partial charge in [0, 0.05) is 23.5 Å². The minimum atomic E-state index is -0.632. The number of ether oxygens (including phenoxy) is 2. The van der Waals surface area contributed by atoms with Crippen LogP contribution in [-0.4, -0.2) is 43.1 Å². The molecule has 1 aliphatic heterocycles. The summed E-state index contributed by atoms with van der Waals surface area (Å²) in [5.41, 5.74) is 4.65. The fraction of sp³-hybridized carbons (Fsp3) is 0.250. The first kappa shape index (κ1) is 24.8. The van der Waals surface area contributed by atoms with Crippen LogP contribution in [0.2, 0.25) is 0 Å². The molecule has 4 rings (SSSR count). The molecular weight excluding hydrogens is 458 g/mol. The van der Waals surface area contributed by atoms with Gasteiger partial charge in [0.25, 0.3) is 5.91 Å². The number of hydrogen-bond acceptors (Lipinski definition) is 5. The van der Waals surface area contributed by atoms with E-state index in [-0.39, 0.29) is 17.9 Å². The lowest BCUT2D eigenvalue weighted by molar-refractivity contribution is -0.147. The molecule has 8 nitrogen and oxygen atoms in total. The third-order valence-corrected chi connectivity index (χ3v) is 6.17. The first-order chi connectivity index (χ1) is 17.3. The van der Waals surface area contributed by atoms with Crippen LogP contribution in [0, 0.1) is 5.92 Å². The van der Waals surface area contributed by atoms with Gasteiger partial charge in [0.2, 0.25) is 0 Å². The highest BCUT2D eigenvalue weighted by Crippen LogP contribution is 2.32. The lowest BCUT2D eigenvalue weighted by Gasteiger charge is -2.28. The predicted molar refractivity (Wildman–Crippen MR) is 138 cm³/mol. The molecule has 3 amide bonds. The Bertz CT molecular complexity index is 1270. The normalized spacial score (nSPS) is 13.2. The molecule has 0 spiro atoms. The maximum Gasteiger partial charge on any atom is 0.328 e. The molecular formula is C28H29N3O5. The van der Waals surface area contributed by atoms with Gasteiger partial charge in [-0.1, -0.05) is 32.0 Å². The van der Waals surface area contributed by atoms with E-state index in [2.05, 4.69) is 10.6 Å². The van der Waals surface area contributed by atoms with Crippen LogP contribution in [0.15, 0.2) is 66.7 Å². The number of anilines is 2. The van der Waals surface area contributed by atoms with Crippen LogP contribution in [0.4, 0.5) is 16.2 Å². The number of esters is 1. The van der Waals surface area contributed by atoms with Crippen molar-refractivity contribution in [3.8, 4) is 16.9 Å². The number of rotatable bonds is 7. The molecule has 0 aromatic heterocycles. The number of carbonyl (C=O) groups is 3. The van der Waals surface area contributed by atoms with E-state index in [4.69, 9.17) is 9.47 Å². The van der Waals surface area contributed by atoms with Crippen molar-refractivity contribution < 1.29 is 23.9 Å². The van der Waals surface area contributed by atoms with Crippen molar-refractivity contribution in [2.45, 2.75) is 26.4 Å². The molecule has 0 radical (unpaired) electrons. The quantitative estimate of drug-likeness (QED) is 0.449. The summed E-state index contributed by atoms with van der Waals surface area (Å²) in [6.07, 6.45) is 0. The SMILES string of the molecule is COC(=O)[C@H](C(C)C)N1Cc2cc(-c3ccc(NC(=O)Nc4ccc(OC)cc4)cc3)ccc2C1=O. The number of nitrogens with one attached hydrogen (secondary N) is 2. The van der Waals surface area contributed by atoms with Crippen LogP contribution in [-0.2, 0) is 16.1 Å². The minimum absolute atomic E-state index is 0.0721. The summed E-state index contributed by atoms with van der Waals surface area (Å²) in [6.45, 7) is 4.15. The average Bonchev–Trinajstić information content (AvgIpc) is 3.19. The fourth-order valence-corrected chi connectivity index (χ4v) is 4.34. The van der Waals surface area contributed by atoms with Crippen molar-refractivity contribution in [2.24, 2.45) is 5.92 Å². The molecule has 1 heterocycles. The zero-order valence-corrected chi connectivity index (χ0v) is 20.7. The second-order valence-corrected chi connectivity index (χ2v) is 8.90. The Hall–Kier alpha value is -4.33. The predicted octanol–water partition coefficient (Wildman–Crippen LogP) is 5.16. The van der Waals surface area contributed by atoms with Gasteiger partial charge in [0.15, 0.2) is 0 Å². The van der Waals surface area contributed by atoms with Crippen molar-refractivity contribution in [1.29, 1.82) is 0 Å². The Morgan fingerprint density at radius 2 is 1.44 bits per heavy atom. The number of methoxy groups -OCH3 is 2. The molecule has 36 heavy (non-hydrogen) atoms. The van der Waals surface area contributed by atoms with E-state index in [1.165, 1.54) is 7.11 Å². The van der Waals surface area contributed by atoms with E-state index in [9.17, 15) is 14.4 Å². The number of carbonyl (C=O) groups excluding carboxylic acids is 3. The second-order valence-electron chi connectivity index (χ2n) is 8.90. The molecule has 1 atom stereocenters. The highest BCUT2D eigenvalue weighted by atomic mass is 16.5. The topological polar surface area (TPSA) is 97.0 Å². The van der Waals surface area contributed by atoms with Gasteiger partial charge in [0.05, 0.1) is 14.2 Å². The zero-order chi connectivity index (χ0) is 25.8. The largest absolute Gasteiger partial charge is 0.497 e. The molecule has 0 aliphatic carbocycles. The van der Waals surface area contributed by atoms with Crippen LogP contribution >= 0.6 is 0 Å². The number of nitrogens with zero attached hydrogens (tertiary/aromatic N) is 1. The average molecular weight is 488 g/mol. The lowest BCUT2D eigenvalue weighted by Crippen LogP contribution is -2.45. The molecule has 8 heteroatoms. The molecule has 3 aromatic carbocycles. The zero-order valence-electron chi connectivity index (χ0n) is 20.7. The first-order valence-corrected chi connectivity index (χ1v) is 11.6. The molecule has 1 aliphatic rings. The van der Waals surface area contributed by atoms with Gasteiger partial charge in [0.1, 0.15) is 11.8 Å². The molecule has 186 valence electrons. The first-order valence-electron chi connectivity index (χ1n) is 11.6. The summed E-state index contributed by atoms with van der Waals surface area (Å²) in [5.74, 6) is 0.0640. The van der Waals surface area contributed by atoms with E-state index in [0.717, 1.165) is 16.7 Å². The van der Waals surface area contributed by atoms with Gasteiger partial charge in [-0.05, 0) is 71.1 Å². The van der Waals surface area contributed by atoms with Gasteiger partial charge in [-0.15, -0.1) is 0 Å². The maximum absolute atomic E-state index is 13.0. The third kappa shape index (κ3) is 5.17. The van der Waals surface area contributed by atoms with Crippen molar-refractivity contribution >= 4 is 29.3 Å². The molecule has 0 saturated heterocycles. The summed E-state index contributed by atoms with van der Waals surface area (Å²) in [6, 6.07) is 19.2. The Morgan fingerprint density at radius 1 is 0.861 bits per heavy atom. The van der Waals surface area contributed by atoms with E-state index in [0.29, 0.717) is 29.2 Å². The molecule has 2 N–H and O–H groups in total. The van der Waals surface area contributed by atoms with Gasteiger partial charge in [-0.2, -0.15) is 0 Å². The van der Waals surface area contributed by atoms with E-state index >= 15 is 0 Å². The Balaban J connectivity index is 1.44. The fourth-order valence-electron chi connectivity index (χ4n) is 4.34. The molecule has 0 fully saturated rings. The van der Waals surface area contributed by atoms with Gasteiger partial charge >= 0.3 is 12.0 Å². The van der Waals surface area contributed by atoms with E-state index in [1.54, 1.807) is 42.3 Å². The Morgan fingerprint density at radius 3 is 2.00 bits per heavy atom. The third-order valence-electron chi connectivity index (χ3n) is 6.17. The summed E-state index contributed by atoms with van der Waals surface area (Å²) in [5, 5.41) is 5.59. The maximum atomic E-state index is 13.0. The van der Waals surface area contributed by atoms with Gasteiger partial charge in [-0.25, -0.2) is 9.59 Å². The van der Waals surface area contributed by atoms with E-state index < -0.39 is 12.0 Å². The van der Waals surface area contributed by atoms with Crippen LogP contribution in [0.1, 0.15) is 29.8 Å². The molecule has 0 bridgehead atoms. The standard InChI is InChI=1S/C28H29N3O5/c1-17(2)25(27(33)36-4)31-16-20-15-19(7-14-24(20)26(31)32)18-5-8-21(9-6-18)29-28(34)30-22-10-12-23(35-3)13-11-22/h5-15,17,25H,16H2,1-4H3,(H2,29,30,34)/t25-/m0/s1. The minimum Gasteiger partial charge on any atom is -0.497 e. The number of urea groups is 1. The van der Waals surface area contributed by atoms with Crippen molar-refractivity contribution in [3.05, 3.63) is 77.9 Å². The van der Waals surface area contributed by atoms with Gasteiger partial charge in [-0.3, -0.25) is 4.79 Å².